The number of carbonyl (C=O) groups excluding carboxylic acids is 1. The summed E-state index contributed by atoms with van der Waals surface area (Å²) in [5.74, 6) is 2.41. The topological polar surface area (TPSA) is 42.0 Å². The lowest BCUT2D eigenvalue weighted by Crippen LogP contribution is -2.44. The second-order valence-corrected chi connectivity index (χ2v) is 8.56. The normalized spacial score (nSPS) is 21.4. The quantitative estimate of drug-likeness (QED) is 0.748. The van der Waals surface area contributed by atoms with Gasteiger partial charge in [-0.15, -0.1) is 0 Å². The third-order valence-corrected chi connectivity index (χ3v) is 6.96. The molecule has 0 aromatic heterocycles. The zero-order chi connectivity index (χ0) is 21.3. The Bertz CT molecular complexity index is 909. The van der Waals surface area contributed by atoms with Crippen LogP contribution in [0.2, 0.25) is 0 Å². The van der Waals surface area contributed by atoms with Gasteiger partial charge in [0.05, 0.1) is 14.2 Å². The van der Waals surface area contributed by atoms with Crippen molar-refractivity contribution in [2.75, 3.05) is 33.9 Å². The Morgan fingerprint density at radius 1 is 1.00 bits per heavy atom. The maximum atomic E-state index is 13.1. The number of nitrogens with zero attached hydrogens (tertiary/aromatic N) is 2. The number of hydrogen-bond acceptors (Lipinski definition) is 4. The molecule has 2 aromatic carbocycles. The van der Waals surface area contributed by atoms with Crippen LogP contribution in [0.3, 0.4) is 0 Å². The van der Waals surface area contributed by atoms with E-state index in [-0.39, 0.29) is 5.91 Å². The van der Waals surface area contributed by atoms with Crippen molar-refractivity contribution in [2.45, 2.75) is 39.3 Å². The Hall–Kier alpha value is -2.53. The Balaban J connectivity index is 1.48. The molecule has 2 fully saturated rings. The average Bonchev–Trinajstić information content (AvgIpc) is 3.22. The van der Waals surface area contributed by atoms with E-state index in [0.717, 1.165) is 43.2 Å². The molecule has 2 saturated heterocycles. The summed E-state index contributed by atoms with van der Waals surface area (Å²) in [5, 5.41) is 0. The fourth-order valence-corrected chi connectivity index (χ4v) is 5.02. The minimum Gasteiger partial charge on any atom is -0.497 e. The molecule has 0 bridgehead atoms. The molecule has 2 heterocycles. The van der Waals surface area contributed by atoms with Crippen molar-refractivity contribution < 1.29 is 14.3 Å². The van der Waals surface area contributed by atoms with Gasteiger partial charge in [-0.2, -0.15) is 0 Å². The van der Waals surface area contributed by atoms with Crippen molar-refractivity contribution in [3.05, 3.63) is 58.7 Å². The van der Waals surface area contributed by atoms with Crippen molar-refractivity contribution in [3.8, 4) is 11.5 Å². The molecule has 5 heteroatoms. The molecular weight excluding hydrogens is 376 g/mol. The van der Waals surface area contributed by atoms with Gasteiger partial charge in [-0.25, -0.2) is 0 Å². The van der Waals surface area contributed by atoms with Crippen LogP contribution in [0, 0.1) is 19.8 Å². The molecule has 1 amide bonds. The number of ether oxygens (including phenoxy) is 2. The second kappa shape index (κ2) is 8.68. The van der Waals surface area contributed by atoms with Gasteiger partial charge in [0, 0.05) is 31.2 Å². The first-order chi connectivity index (χ1) is 14.5. The summed E-state index contributed by atoms with van der Waals surface area (Å²) in [6.07, 6.45) is 2.40. The van der Waals surface area contributed by atoms with Crippen LogP contribution in [0.5, 0.6) is 11.5 Å². The van der Waals surface area contributed by atoms with Gasteiger partial charge in [0.15, 0.2) is 0 Å². The van der Waals surface area contributed by atoms with Crippen molar-refractivity contribution in [2.24, 2.45) is 5.92 Å². The summed E-state index contributed by atoms with van der Waals surface area (Å²) >= 11 is 0. The SMILES string of the molecule is COc1ccc(C(=O)N2C[C@H]3CCCN(Cc4ccc(OC)c(C)c4C)[C@H]3C2)cc1. The number of amides is 1. The number of likely N-dealkylation sites (tertiary alicyclic amines) is 2. The van der Waals surface area contributed by atoms with Crippen LogP contribution in [0.4, 0.5) is 0 Å². The van der Waals surface area contributed by atoms with Gasteiger partial charge >= 0.3 is 0 Å². The molecule has 0 N–H and O–H groups in total. The highest BCUT2D eigenvalue weighted by Crippen LogP contribution is 2.34. The first kappa shape index (κ1) is 20.7. The molecular formula is C25H32N2O3. The van der Waals surface area contributed by atoms with Gasteiger partial charge in [-0.1, -0.05) is 6.07 Å². The first-order valence-corrected chi connectivity index (χ1v) is 10.8. The summed E-state index contributed by atoms with van der Waals surface area (Å²) in [7, 11) is 3.37. The Morgan fingerprint density at radius 3 is 2.47 bits per heavy atom. The van der Waals surface area contributed by atoms with Crippen LogP contribution in [-0.2, 0) is 6.54 Å². The fraction of sp³-hybridized carbons (Fsp3) is 0.480. The molecule has 30 heavy (non-hydrogen) atoms. The molecule has 5 nitrogen and oxygen atoms in total. The molecule has 2 atom stereocenters. The van der Waals surface area contributed by atoms with Gasteiger partial charge in [0.2, 0.25) is 0 Å². The van der Waals surface area contributed by atoms with Crippen molar-refractivity contribution in [1.82, 2.24) is 9.80 Å². The second-order valence-electron chi connectivity index (χ2n) is 8.56. The number of fused-ring (bicyclic) bond motifs is 1. The van der Waals surface area contributed by atoms with E-state index in [0.29, 0.717) is 12.0 Å². The van der Waals surface area contributed by atoms with Gasteiger partial charge in [-0.3, -0.25) is 9.69 Å². The highest BCUT2D eigenvalue weighted by atomic mass is 16.5. The predicted octanol–water partition coefficient (Wildman–Crippen LogP) is 4.06. The monoisotopic (exact) mass is 408 g/mol. The lowest BCUT2D eigenvalue weighted by Gasteiger charge is -2.37. The lowest BCUT2D eigenvalue weighted by atomic mass is 9.91. The van der Waals surface area contributed by atoms with Gasteiger partial charge in [0.1, 0.15) is 11.5 Å². The number of carbonyl (C=O) groups is 1. The van der Waals surface area contributed by atoms with Crippen molar-refractivity contribution >= 4 is 5.91 Å². The summed E-state index contributed by atoms with van der Waals surface area (Å²) in [5.41, 5.74) is 4.61. The Kier molecular flexibility index (Phi) is 6.00. The van der Waals surface area contributed by atoms with E-state index in [1.165, 1.54) is 29.5 Å². The third kappa shape index (κ3) is 3.91. The standard InChI is InChI=1S/C25H32N2O3/c1-17-18(2)24(30-4)12-9-20(17)14-26-13-5-6-21-15-27(16-23(21)26)25(28)19-7-10-22(29-3)11-8-19/h7-12,21,23H,5-6,13-16H2,1-4H3/t21-,23+/m1/s1. The molecule has 2 aliphatic rings. The average molecular weight is 409 g/mol. The zero-order valence-electron chi connectivity index (χ0n) is 18.5. The molecule has 0 spiro atoms. The third-order valence-electron chi connectivity index (χ3n) is 6.96. The van der Waals surface area contributed by atoms with Crippen LogP contribution in [0.25, 0.3) is 0 Å². The Labute approximate surface area is 179 Å². The summed E-state index contributed by atoms with van der Waals surface area (Å²) in [6.45, 7) is 8.00. The molecule has 0 saturated carbocycles. The van der Waals surface area contributed by atoms with Crippen molar-refractivity contribution in [1.29, 1.82) is 0 Å². The number of methoxy groups -OCH3 is 2. The van der Waals surface area contributed by atoms with Gasteiger partial charge in [-0.05, 0) is 86.2 Å². The van der Waals surface area contributed by atoms with Crippen LogP contribution in [-0.4, -0.2) is 55.6 Å². The molecule has 4 rings (SSSR count). The van der Waals surface area contributed by atoms with Crippen LogP contribution in [0.15, 0.2) is 36.4 Å². The van der Waals surface area contributed by atoms with E-state index in [2.05, 4.69) is 30.9 Å². The van der Waals surface area contributed by atoms with Crippen LogP contribution in [0.1, 0.15) is 39.9 Å². The molecule has 0 unspecified atom stereocenters. The minimum atomic E-state index is 0.128. The molecule has 0 radical (unpaired) electrons. The largest absolute Gasteiger partial charge is 0.497 e. The van der Waals surface area contributed by atoms with E-state index < -0.39 is 0 Å². The number of piperidine rings is 1. The molecule has 160 valence electrons. The molecule has 2 aromatic rings. The first-order valence-electron chi connectivity index (χ1n) is 10.8. The van der Waals surface area contributed by atoms with E-state index in [9.17, 15) is 4.79 Å². The van der Waals surface area contributed by atoms with E-state index in [1.54, 1.807) is 14.2 Å². The number of benzene rings is 2. The van der Waals surface area contributed by atoms with Gasteiger partial charge in [0.25, 0.3) is 5.91 Å². The fourth-order valence-electron chi connectivity index (χ4n) is 5.02. The lowest BCUT2D eigenvalue weighted by molar-refractivity contribution is 0.0774. The van der Waals surface area contributed by atoms with Crippen molar-refractivity contribution in [3.63, 3.8) is 0 Å². The molecule has 0 aliphatic carbocycles. The number of rotatable bonds is 5. The van der Waals surface area contributed by atoms with Crippen LogP contribution >= 0.6 is 0 Å². The van der Waals surface area contributed by atoms with Gasteiger partial charge < -0.3 is 14.4 Å². The predicted molar refractivity (Wildman–Crippen MR) is 118 cm³/mol. The summed E-state index contributed by atoms with van der Waals surface area (Å²) in [4.78, 5) is 17.7. The maximum Gasteiger partial charge on any atom is 0.253 e. The minimum absolute atomic E-state index is 0.128. The molecule has 2 aliphatic heterocycles. The highest BCUT2D eigenvalue weighted by Gasteiger charge is 2.40. The van der Waals surface area contributed by atoms with E-state index >= 15 is 0 Å². The highest BCUT2D eigenvalue weighted by molar-refractivity contribution is 5.94. The smallest absolute Gasteiger partial charge is 0.253 e. The maximum absolute atomic E-state index is 13.1. The Morgan fingerprint density at radius 2 is 1.77 bits per heavy atom. The zero-order valence-corrected chi connectivity index (χ0v) is 18.5. The van der Waals surface area contributed by atoms with E-state index in [1.807, 2.05) is 29.2 Å². The van der Waals surface area contributed by atoms with Crippen LogP contribution < -0.4 is 9.47 Å². The summed E-state index contributed by atoms with van der Waals surface area (Å²) < 4.78 is 10.7. The number of hydrogen-bond donors (Lipinski definition) is 0. The summed E-state index contributed by atoms with van der Waals surface area (Å²) in [6, 6.07) is 12.2. The van der Waals surface area contributed by atoms with E-state index in [4.69, 9.17) is 9.47 Å².